The molecule has 0 spiro atoms. The number of non-ortho nitro benzene ring substituents is 1. The second-order valence-corrected chi connectivity index (χ2v) is 9.62. The summed E-state index contributed by atoms with van der Waals surface area (Å²) >= 11 is 0. The largest absolute Gasteiger partial charge is 0.378 e. The fourth-order valence-electron chi connectivity index (χ4n) is 3.31. The van der Waals surface area contributed by atoms with Gasteiger partial charge in [0.25, 0.3) is 11.6 Å². The first-order valence-electron chi connectivity index (χ1n) is 10.0. The van der Waals surface area contributed by atoms with E-state index >= 15 is 0 Å². The van der Waals surface area contributed by atoms with Crippen LogP contribution in [0.2, 0.25) is 0 Å². The molecule has 3 rings (SSSR count). The molecule has 1 N–H and O–H groups in total. The summed E-state index contributed by atoms with van der Waals surface area (Å²) in [5.74, 6) is -1.19. The predicted molar refractivity (Wildman–Crippen MR) is 121 cm³/mol. The standard InChI is InChI=1S/C21H24N4O7S/c1-23(21(27)15-11-18(25(28)29)13-19(12-15)33(2,30)31)14-20(26)22-16-3-5-17(6-4-16)24-7-9-32-10-8-24/h3-6,11-13H,7-10,14H2,1-2H3,(H,22,26). The van der Waals surface area contributed by atoms with Gasteiger partial charge in [-0.25, -0.2) is 8.42 Å². The van der Waals surface area contributed by atoms with Crippen molar-refractivity contribution in [3.05, 3.63) is 58.1 Å². The lowest BCUT2D eigenvalue weighted by molar-refractivity contribution is -0.385. The average molecular weight is 477 g/mol. The fourth-order valence-corrected chi connectivity index (χ4v) is 3.99. The van der Waals surface area contributed by atoms with Crippen molar-refractivity contribution in [3.8, 4) is 0 Å². The van der Waals surface area contributed by atoms with E-state index < -0.39 is 32.3 Å². The second-order valence-electron chi connectivity index (χ2n) is 7.60. The monoisotopic (exact) mass is 476 g/mol. The number of nitrogens with one attached hydrogen (secondary N) is 1. The lowest BCUT2D eigenvalue weighted by Crippen LogP contribution is -2.36. The van der Waals surface area contributed by atoms with Crippen molar-refractivity contribution >= 4 is 38.7 Å². The highest BCUT2D eigenvalue weighted by Gasteiger charge is 2.22. The van der Waals surface area contributed by atoms with Crippen LogP contribution < -0.4 is 10.2 Å². The molecule has 0 aromatic heterocycles. The number of nitro groups is 1. The third-order valence-electron chi connectivity index (χ3n) is 5.03. The number of morpholine rings is 1. The Morgan fingerprint density at radius 3 is 2.36 bits per heavy atom. The van der Waals surface area contributed by atoms with Gasteiger partial charge in [-0.1, -0.05) is 0 Å². The molecule has 0 saturated carbocycles. The first-order valence-corrected chi connectivity index (χ1v) is 11.9. The Bertz CT molecular complexity index is 1160. The van der Waals surface area contributed by atoms with E-state index in [4.69, 9.17) is 4.74 Å². The van der Waals surface area contributed by atoms with E-state index in [1.54, 1.807) is 12.1 Å². The topological polar surface area (TPSA) is 139 Å². The van der Waals surface area contributed by atoms with E-state index in [-0.39, 0.29) is 17.0 Å². The minimum Gasteiger partial charge on any atom is -0.378 e. The molecule has 1 aliphatic heterocycles. The highest BCUT2D eigenvalue weighted by atomic mass is 32.2. The van der Waals surface area contributed by atoms with Gasteiger partial charge in [0, 0.05) is 55.5 Å². The number of ether oxygens (including phenoxy) is 1. The summed E-state index contributed by atoms with van der Waals surface area (Å²) in [7, 11) is -2.43. The molecule has 0 bridgehead atoms. The van der Waals surface area contributed by atoms with Gasteiger partial charge in [-0.3, -0.25) is 19.7 Å². The average Bonchev–Trinajstić information content (AvgIpc) is 2.78. The second kappa shape index (κ2) is 9.96. The lowest BCUT2D eigenvalue weighted by Gasteiger charge is -2.28. The molecule has 1 saturated heterocycles. The van der Waals surface area contributed by atoms with Crippen molar-refractivity contribution in [3.63, 3.8) is 0 Å². The molecule has 0 atom stereocenters. The van der Waals surface area contributed by atoms with Gasteiger partial charge in [-0.15, -0.1) is 0 Å². The molecule has 176 valence electrons. The van der Waals surface area contributed by atoms with Gasteiger partial charge in [0.2, 0.25) is 5.91 Å². The summed E-state index contributed by atoms with van der Waals surface area (Å²) in [6.07, 6.45) is 0.891. The van der Waals surface area contributed by atoms with E-state index in [0.717, 1.165) is 48.1 Å². The molecule has 0 aliphatic carbocycles. The van der Waals surface area contributed by atoms with Gasteiger partial charge >= 0.3 is 0 Å². The molecule has 1 heterocycles. The van der Waals surface area contributed by atoms with E-state index in [0.29, 0.717) is 18.9 Å². The number of hydrogen-bond donors (Lipinski definition) is 1. The number of sulfone groups is 1. The molecule has 2 amide bonds. The van der Waals surface area contributed by atoms with Crippen LogP contribution in [0.5, 0.6) is 0 Å². The summed E-state index contributed by atoms with van der Waals surface area (Å²) < 4.78 is 29.0. The van der Waals surface area contributed by atoms with E-state index in [1.807, 2.05) is 12.1 Å². The molecule has 0 radical (unpaired) electrons. The molecule has 2 aromatic carbocycles. The summed E-state index contributed by atoms with van der Waals surface area (Å²) in [5.41, 5.74) is 0.831. The number of hydrogen-bond acceptors (Lipinski definition) is 8. The van der Waals surface area contributed by atoms with Crippen LogP contribution in [0.25, 0.3) is 0 Å². The SMILES string of the molecule is CN(CC(=O)Nc1ccc(N2CCOCC2)cc1)C(=O)c1cc([N+](=O)[O-])cc(S(C)(=O)=O)c1. The molecular weight excluding hydrogens is 452 g/mol. The number of benzene rings is 2. The number of amides is 2. The van der Waals surface area contributed by atoms with Crippen molar-refractivity contribution in [2.45, 2.75) is 4.90 Å². The number of carbonyl (C=O) groups is 2. The zero-order valence-electron chi connectivity index (χ0n) is 18.2. The summed E-state index contributed by atoms with van der Waals surface area (Å²) in [6, 6.07) is 10.2. The van der Waals surface area contributed by atoms with Crippen LogP contribution in [0.4, 0.5) is 17.1 Å². The lowest BCUT2D eigenvalue weighted by atomic mass is 10.1. The van der Waals surface area contributed by atoms with Crippen LogP contribution in [0.3, 0.4) is 0 Å². The Balaban J connectivity index is 1.66. The van der Waals surface area contributed by atoms with E-state index in [9.17, 15) is 28.1 Å². The zero-order valence-corrected chi connectivity index (χ0v) is 19.0. The van der Waals surface area contributed by atoms with E-state index in [2.05, 4.69) is 10.2 Å². The molecular formula is C21H24N4O7S. The Labute approximate surface area is 191 Å². The number of nitrogens with zero attached hydrogens (tertiary/aromatic N) is 3. The van der Waals surface area contributed by atoms with Crippen LogP contribution in [0.15, 0.2) is 47.4 Å². The molecule has 2 aromatic rings. The van der Waals surface area contributed by atoms with Gasteiger partial charge in [-0.05, 0) is 30.3 Å². The highest BCUT2D eigenvalue weighted by Crippen LogP contribution is 2.22. The molecule has 11 nitrogen and oxygen atoms in total. The first kappa shape index (κ1) is 24.1. The van der Waals surface area contributed by atoms with Gasteiger partial charge in [0.1, 0.15) is 0 Å². The minimum absolute atomic E-state index is 0.199. The molecule has 0 unspecified atom stereocenters. The number of likely N-dealkylation sites (N-methyl/N-ethyl adjacent to an activating group) is 1. The number of rotatable bonds is 7. The van der Waals surface area contributed by atoms with E-state index in [1.165, 1.54) is 7.05 Å². The quantitative estimate of drug-likeness (QED) is 0.469. The maximum absolute atomic E-state index is 12.7. The first-order chi connectivity index (χ1) is 15.5. The molecule has 12 heteroatoms. The van der Waals surface area contributed by atoms with Crippen LogP contribution in [-0.2, 0) is 19.4 Å². The predicted octanol–water partition coefficient (Wildman–Crippen LogP) is 1.55. The van der Waals surface area contributed by atoms with Crippen LogP contribution in [0.1, 0.15) is 10.4 Å². The fraction of sp³-hybridized carbons (Fsp3) is 0.333. The van der Waals surface area contributed by atoms with Crippen molar-refractivity contribution in [1.29, 1.82) is 0 Å². The smallest absolute Gasteiger partial charge is 0.271 e. The third kappa shape index (κ3) is 6.26. The van der Waals surface area contributed by atoms with Crippen molar-refractivity contribution in [2.24, 2.45) is 0 Å². The van der Waals surface area contributed by atoms with Crippen LogP contribution in [0, 0.1) is 10.1 Å². The zero-order chi connectivity index (χ0) is 24.2. The minimum atomic E-state index is -3.78. The summed E-state index contributed by atoms with van der Waals surface area (Å²) in [6.45, 7) is 2.57. The number of anilines is 2. The van der Waals surface area contributed by atoms with Gasteiger partial charge in [0.05, 0.1) is 29.6 Å². The number of nitro benzene ring substituents is 1. The maximum atomic E-state index is 12.7. The normalized spacial score (nSPS) is 13.9. The summed E-state index contributed by atoms with van der Waals surface area (Å²) in [5, 5.41) is 13.8. The van der Waals surface area contributed by atoms with Gasteiger partial charge in [-0.2, -0.15) is 0 Å². The maximum Gasteiger partial charge on any atom is 0.271 e. The Morgan fingerprint density at radius 1 is 1.15 bits per heavy atom. The molecule has 1 aliphatic rings. The summed E-state index contributed by atoms with van der Waals surface area (Å²) in [4.78, 5) is 38.4. The van der Waals surface area contributed by atoms with Crippen molar-refractivity contribution in [1.82, 2.24) is 4.90 Å². The van der Waals surface area contributed by atoms with Crippen molar-refractivity contribution < 1.29 is 27.7 Å². The Morgan fingerprint density at radius 2 is 1.79 bits per heavy atom. The molecule has 1 fully saturated rings. The number of carbonyl (C=O) groups excluding carboxylic acids is 2. The van der Waals surface area contributed by atoms with Crippen LogP contribution in [-0.4, -0.2) is 76.2 Å². The Hall–Kier alpha value is -3.51. The van der Waals surface area contributed by atoms with Crippen molar-refractivity contribution in [2.75, 3.05) is 56.4 Å². The highest BCUT2D eigenvalue weighted by molar-refractivity contribution is 7.90. The van der Waals surface area contributed by atoms with Gasteiger partial charge < -0.3 is 19.9 Å². The third-order valence-corrected chi connectivity index (χ3v) is 6.12. The Kier molecular flexibility index (Phi) is 7.29. The van der Waals surface area contributed by atoms with Gasteiger partial charge in [0.15, 0.2) is 9.84 Å². The molecule has 33 heavy (non-hydrogen) atoms. The van der Waals surface area contributed by atoms with Crippen LogP contribution >= 0.6 is 0 Å².